The van der Waals surface area contributed by atoms with E-state index in [2.05, 4.69) is 19.1 Å². The lowest BCUT2D eigenvalue weighted by Crippen LogP contribution is -2.44. The van der Waals surface area contributed by atoms with E-state index in [1.54, 1.807) is 0 Å². The Kier molecular flexibility index (Phi) is 5.01. The van der Waals surface area contributed by atoms with Crippen LogP contribution in [0.15, 0.2) is 18.2 Å². The molecule has 0 saturated heterocycles. The number of halogens is 3. The number of rotatable bonds is 4. The van der Waals surface area contributed by atoms with Gasteiger partial charge in [0, 0.05) is 18.4 Å². The Morgan fingerprint density at radius 2 is 1.95 bits per heavy atom. The average molecular weight is 380 g/mol. The summed E-state index contributed by atoms with van der Waals surface area (Å²) in [6, 6.07) is 4.31. The van der Waals surface area contributed by atoms with E-state index in [0.717, 1.165) is 17.7 Å². The minimum atomic E-state index is -2.56. The monoisotopic (exact) mass is 378 g/mol. The van der Waals surface area contributed by atoms with E-state index in [4.69, 9.17) is 42.7 Å². The molecule has 3 rings (SSSR count). The van der Waals surface area contributed by atoms with Gasteiger partial charge in [0.2, 0.25) is 5.79 Å². The first-order valence-electron chi connectivity index (χ1n) is 7.87. The Hall–Kier alpha value is 0.0669. The van der Waals surface area contributed by atoms with Gasteiger partial charge >= 0.3 is 6.00 Å². The molecule has 1 heterocycles. The summed E-state index contributed by atoms with van der Waals surface area (Å²) in [7, 11) is 0. The first-order chi connectivity index (χ1) is 10.4. The summed E-state index contributed by atoms with van der Waals surface area (Å²) >= 11 is 17.9. The van der Waals surface area contributed by atoms with Gasteiger partial charge in [-0.15, -0.1) is 33.2 Å². The Morgan fingerprint density at radius 1 is 1.23 bits per heavy atom. The smallest absolute Gasteiger partial charge is 0.341 e. The standard InChI is InChI=1S/C16H21Cl3O2Si/c1-16(14-4-2-3-5-14)20-11-13-10-12(6-7-15(13)21-16)8-9-22(17,18)19/h6-7,10,14H,2-5,8-9,11H2,1H3. The summed E-state index contributed by atoms with van der Waals surface area (Å²) in [5, 5.41) is 0. The van der Waals surface area contributed by atoms with Crippen molar-refractivity contribution in [2.45, 2.75) is 57.5 Å². The number of ether oxygens (including phenoxy) is 2. The molecule has 1 aromatic rings. The number of benzene rings is 1. The second-order valence-electron chi connectivity index (χ2n) is 6.45. The first-order valence-corrected chi connectivity index (χ1v) is 13.1. The summed E-state index contributed by atoms with van der Waals surface area (Å²) < 4.78 is 12.3. The first kappa shape index (κ1) is 16.9. The highest BCUT2D eigenvalue weighted by molar-refractivity contribution is 7.64. The molecule has 1 atom stereocenters. The maximum atomic E-state index is 6.21. The summed E-state index contributed by atoms with van der Waals surface area (Å²) in [6.45, 7) is 2.68. The molecule has 1 aromatic carbocycles. The van der Waals surface area contributed by atoms with E-state index >= 15 is 0 Å². The lowest BCUT2D eigenvalue weighted by molar-refractivity contribution is -0.224. The second-order valence-corrected chi connectivity index (χ2v) is 15.7. The molecule has 2 nitrogen and oxygen atoms in total. The van der Waals surface area contributed by atoms with Gasteiger partial charge in [-0.1, -0.05) is 18.9 Å². The number of aryl methyl sites for hydroxylation is 1. The van der Waals surface area contributed by atoms with Crippen molar-refractivity contribution in [3.63, 3.8) is 0 Å². The van der Waals surface area contributed by atoms with Crippen molar-refractivity contribution >= 4 is 39.2 Å². The zero-order chi connectivity index (χ0) is 15.8. The Bertz CT molecular complexity index is 541. The number of hydrogen-bond acceptors (Lipinski definition) is 2. The van der Waals surface area contributed by atoms with Gasteiger partial charge in [-0.2, -0.15) is 0 Å². The van der Waals surface area contributed by atoms with Crippen LogP contribution in [0, 0.1) is 5.92 Å². The Labute approximate surface area is 147 Å². The molecule has 1 fully saturated rings. The van der Waals surface area contributed by atoms with Crippen LogP contribution in [0.5, 0.6) is 5.75 Å². The zero-order valence-electron chi connectivity index (χ0n) is 12.7. The van der Waals surface area contributed by atoms with Crippen LogP contribution in [0.2, 0.25) is 6.04 Å². The molecule has 6 heteroatoms. The van der Waals surface area contributed by atoms with Crippen LogP contribution in [0.25, 0.3) is 0 Å². The molecule has 1 saturated carbocycles. The van der Waals surface area contributed by atoms with E-state index < -0.39 is 11.8 Å². The molecular weight excluding hydrogens is 359 g/mol. The fourth-order valence-electron chi connectivity index (χ4n) is 3.41. The van der Waals surface area contributed by atoms with Gasteiger partial charge in [-0.3, -0.25) is 0 Å². The van der Waals surface area contributed by atoms with Crippen LogP contribution in [-0.2, 0) is 17.8 Å². The molecule has 1 unspecified atom stereocenters. The molecule has 122 valence electrons. The summed E-state index contributed by atoms with van der Waals surface area (Å²) in [4.78, 5) is 0. The normalized spacial score (nSPS) is 25.8. The van der Waals surface area contributed by atoms with Crippen LogP contribution < -0.4 is 4.74 Å². The molecule has 2 aliphatic rings. The molecule has 0 spiro atoms. The van der Waals surface area contributed by atoms with Crippen LogP contribution in [0.1, 0.15) is 43.7 Å². The Balaban J connectivity index is 1.70. The third kappa shape index (κ3) is 3.93. The largest absolute Gasteiger partial charge is 0.462 e. The second kappa shape index (κ2) is 6.52. The quantitative estimate of drug-likeness (QED) is 0.493. The van der Waals surface area contributed by atoms with Crippen molar-refractivity contribution < 1.29 is 9.47 Å². The molecule has 1 aliphatic heterocycles. The van der Waals surface area contributed by atoms with Crippen LogP contribution in [-0.4, -0.2) is 11.8 Å². The third-order valence-corrected chi connectivity index (χ3v) is 7.26. The molecule has 0 N–H and O–H groups in total. The predicted molar refractivity (Wildman–Crippen MR) is 94.0 cm³/mol. The highest BCUT2D eigenvalue weighted by Crippen LogP contribution is 2.42. The zero-order valence-corrected chi connectivity index (χ0v) is 16.0. The summed E-state index contributed by atoms with van der Waals surface area (Å²) in [5.41, 5.74) is 2.27. The van der Waals surface area contributed by atoms with Crippen molar-refractivity contribution in [3.8, 4) is 5.75 Å². The van der Waals surface area contributed by atoms with Gasteiger partial charge in [-0.05, 0) is 43.0 Å². The molecule has 0 bridgehead atoms. The lowest BCUT2D eigenvalue weighted by atomic mass is 9.96. The van der Waals surface area contributed by atoms with Crippen LogP contribution in [0.4, 0.5) is 0 Å². The SMILES string of the molecule is CC1(C2CCCC2)OCc2cc(CC[Si](Cl)(Cl)Cl)ccc2O1. The minimum Gasteiger partial charge on any atom is -0.462 e. The molecule has 22 heavy (non-hydrogen) atoms. The van der Waals surface area contributed by atoms with E-state index in [1.807, 2.05) is 6.07 Å². The fraction of sp³-hybridized carbons (Fsp3) is 0.625. The van der Waals surface area contributed by atoms with Crippen LogP contribution in [0.3, 0.4) is 0 Å². The van der Waals surface area contributed by atoms with Crippen LogP contribution >= 0.6 is 33.2 Å². The molecule has 0 radical (unpaired) electrons. The van der Waals surface area contributed by atoms with E-state index in [-0.39, 0.29) is 0 Å². The lowest BCUT2D eigenvalue weighted by Gasteiger charge is -2.40. The maximum Gasteiger partial charge on any atom is 0.341 e. The molecular formula is C16H21Cl3O2Si. The summed E-state index contributed by atoms with van der Waals surface area (Å²) in [5.74, 6) is 0.960. The highest BCUT2D eigenvalue weighted by atomic mass is 35.8. The molecule has 0 aromatic heterocycles. The minimum absolute atomic E-state index is 0.477. The maximum absolute atomic E-state index is 6.21. The van der Waals surface area contributed by atoms with Gasteiger partial charge in [-0.25, -0.2) is 0 Å². The number of hydrogen-bond donors (Lipinski definition) is 0. The third-order valence-electron chi connectivity index (χ3n) is 4.75. The van der Waals surface area contributed by atoms with Crippen molar-refractivity contribution in [1.29, 1.82) is 0 Å². The van der Waals surface area contributed by atoms with E-state index in [0.29, 0.717) is 18.6 Å². The number of fused-ring (bicyclic) bond motifs is 1. The van der Waals surface area contributed by atoms with Crippen molar-refractivity contribution in [3.05, 3.63) is 29.3 Å². The van der Waals surface area contributed by atoms with E-state index in [1.165, 1.54) is 31.2 Å². The van der Waals surface area contributed by atoms with Crippen molar-refractivity contribution in [1.82, 2.24) is 0 Å². The van der Waals surface area contributed by atoms with Crippen molar-refractivity contribution in [2.75, 3.05) is 0 Å². The van der Waals surface area contributed by atoms with Gasteiger partial charge in [0.1, 0.15) is 5.75 Å². The van der Waals surface area contributed by atoms with Crippen molar-refractivity contribution in [2.24, 2.45) is 5.92 Å². The van der Waals surface area contributed by atoms with Gasteiger partial charge in [0.15, 0.2) is 0 Å². The average Bonchev–Trinajstić information content (AvgIpc) is 2.99. The predicted octanol–water partition coefficient (Wildman–Crippen LogP) is 5.70. The fourth-order valence-corrected chi connectivity index (χ4v) is 4.83. The highest BCUT2D eigenvalue weighted by Gasteiger charge is 2.42. The Morgan fingerprint density at radius 3 is 2.64 bits per heavy atom. The van der Waals surface area contributed by atoms with Gasteiger partial charge in [0.25, 0.3) is 0 Å². The van der Waals surface area contributed by atoms with Gasteiger partial charge < -0.3 is 9.47 Å². The molecule has 0 amide bonds. The molecule has 1 aliphatic carbocycles. The summed E-state index contributed by atoms with van der Waals surface area (Å²) in [6.07, 6.45) is 5.73. The van der Waals surface area contributed by atoms with E-state index in [9.17, 15) is 0 Å². The topological polar surface area (TPSA) is 18.5 Å². The van der Waals surface area contributed by atoms with Gasteiger partial charge in [0.05, 0.1) is 6.61 Å².